The van der Waals surface area contributed by atoms with Crippen molar-refractivity contribution in [3.8, 4) is 10.8 Å². The van der Waals surface area contributed by atoms with E-state index in [1.54, 1.807) is 11.3 Å². The quantitative estimate of drug-likeness (QED) is 0.669. The molecule has 24 heavy (non-hydrogen) atoms. The Morgan fingerprint density at radius 2 is 2.04 bits per heavy atom. The molecular formula is C18H18ClN3OS. The third kappa shape index (κ3) is 3.53. The molecule has 1 saturated heterocycles. The highest BCUT2D eigenvalue weighted by molar-refractivity contribution is 7.13. The van der Waals surface area contributed by atoms with Crippen LogP contribution in [0.1, 0.15) is 30.2 Å². The highest BCUT2D eigenvalue weighted by atomic mass is 35.5. The number of rotatable bonds is 4. The van der Waals surface area contributed by atoms with Crippen LogP contribution in [0.25, 0.3) is 10.8 Å². The minimum atomic E-state index is 0.363. The van der Waals surface area contributed by atoms with Crippen molar-refractivity contribution in [2.24, 2.45) is 0 Å². The topological polar surface area (TPSA) is 42.2 Å². The summed E-state index contributed by atoms with van der Waals surface area (Å²) in [6.45, 7) is 3.01. The maximum Gasteiger partial charge on any atom is 0.257 e. The maximum atomic E-state index is 6.07. The van der Waals surface area contributed by atoms with Gasteiger partial charge in [0.25, 0.3) is 5.89 Å². The second-order valence-electron chi connectivity index (χ2n) is 6.10. The number of hydrogen-bond donors (Lipinski definition) is 0. The molecule has 0 aliphatic carbocycles. The number of aromatic nitrogens is 2. The van der Waals surface area contributed by atoms with Gasteiger partial charge in [-0.05, 0) is 55.1 Å². The van der Waals surface area contributed by atoms with Crippen molar-refractivity contribution in [1.82, 2.24) is 15.1 Å². The second-order valence-corrected chi connectivity index (χ2v) is 7.49. The van der Waals surface area contributed by atoms with Crippen LogP contribution in [0, 0.1) is 0 Å². The minimum absolute atomic E-state index is 0.363. The highest BCUT2D eigenvalue weighted by Gasteiger charge is 2.25. The zero-order valence-corrected chi connectivity index (χ0v) is 14.8. The van der Waals surface area contributed by atoms with E-state index in [0.29, 0.717) is 11.8 Å². The van der Waals surface area contributed by atoms with E-state index in [1.165, 1.54) is 5.56 Å². The molecule has 4 nitrogen and oxygen atoms in total. The first kappa shape index (κ1) is 15.8. The lowest BCUT2D eigenvalue weighted by Gasteiger charge is -2.30. The van der Waals surface area contributed by atoms with Gasteiger partial charge in [-0.1, -0.05) is 29.8 Å². The SMILES string of the molecule is Clc1cccc(CN2CCC(c3nnc(-c4cccs4)o3)CC2)c1. The molecule has 1 fully saturated rings. The van der Waals surface area contributed by atoms with Crippen LogP contribution in [-0.2, 0) is 6.54 Å². The molecular weight excluding hydrogens is 342 g/mol. The van der Waals surface area contributed by atoms with Gasteiger partial charge in [-0.25, -0.2) is 0 Å². The summed E-state index contributed by atoms with van der Waals surface area (Å²) in [6.07, 6.45) is 2.10. The number of hydrogen-bond acceptors (Lipinski definition) is 5. The summed E-state index contributed by atoms with van der Waals surface area (Å²) in [5.41, 5.74) is 1.26. The molecule has 124 valence electrons. The fraction of sp³-hybridized carbons (Fsp3) is 0.333. The Morgan fingerprint density at radius 1 is 1.17 bits per heavy atom. The van der Waals surface area contributed by atoms with Gasteiger partial charge in [0.15, 0.2) is 0 Å². The van der Waals surface area contributed by atoms with Crippen LogP contribution in [0.15, 0.2) is 46.2 Å². The number of piperidine rings is 1. The average Bonchev–Trinajstić information content (AvgIpc) is 3.27. The van der Waals surface area contributed by atoms with Gasteiger partial charge in [-0.3, -0.25) is 4.90 Å². The van der Waals surface area contributed by atoms with Crippen LogP contribution >= 0.6 is 22.9 Å². The number of nitrogens with zero attached hydrogens (tertiary/aromatic N) is 3. The van der Waals surface area contributed by atoms with Gasteiger partial charge in [-0.15, -0.1) is 21.5 Å². The Kier molecular flexibility index (Phi) is 4.65. The zero-order valence-electron chi connectivity index (χ0n) is 13.2. The summed E-state index contributed by atoms with van der Waals surface area (Å²) in [5, 5.41) is 11.3. The zero-order chi connectivity index (χ0) is 16.4. The first-order chi connectivity index (χ1) is 11.8. The molecule has 3 heterocycles. The van der Waals surface area contributed by atoms with Crippen molar-refractivity contribution in [2.45, 2.75) is 25.3 Å². The van der Waals surface area contributed by atoms with E-state index in [1.807, 2.05) is 35.7 Å². The monoisotopic (exact) mass is 359 g/mol. The lowest BCUT2D eigenvalue weighted by Crippen LogP contribution is -2.32. The minimum Gasteiger partial charge on any atom is -0.420 e. The van der Waals surface area contributed by atoms with E-state index in [4.69, 9.17) is 16.0 Å². The molecule has 0 saturated carbocycles. The third-order valence-corrected chi connectivity index (χ3v) is 5.50. The van der Waals surface area contributed by atoms with Crippen molar-refractivity contribution in [3.63, 3.8) is 0 Å². The lowest BCUT2D eigenvalue weighted by atomic mass is 9.96. The van der Waals surface area contributed by atoms with Gasteiger partial charge in [-0.2, -0.15) is 0 Å². The fourth-order valence-corrected chi connectivity index (χ4v) is 3.99. The van der Waals surface area contributed by atoms with Gasteiger partial charge in [0, 0.05) is 17.5 Å². The summed E-state index contributed by atoms with van der Waals surface area (Å²) in [5.74, 6) is 1.78. The number of halogens is 1. The Balaban J connectivity index is 1.36. The van der Waals surface area contributed by atoms with Crippen molar-refractivity contribution in [1.29, 1.82) is 0 Å². The van der Waals surface area contributed by atoms with Crippen LogP contribution in [-0.4, -0.2) is 28.2 Å². The third-order valence-electron chi connectivity index (χ3n) is 4.40. The molecule has 3 aromatic rings. The van der Waals surface area contributed by atoms with Crippen LogP contribution < -0.4 is 0 Å². The van der Waals surface area contributed by atoms with Crippen LogP contribution in [0.3, 0.4) is 0 Å². The number of benzene rings is 1. The molecule has 0 radical (unpaired) electrons. The Hall–Kier alpha value is -1.69. The van der Waals surface area contributed by atoms with Crippen molar-refractivity contribution >= 4 is 22.9 Å². The molecule has 4 rings (SSSR count). The van der Waals surface area contributed by atoms with E-state index >= 15 is 0 Å². The summed E-state index contributed by atoms with van der Waals surface area (Å²) in [4.78, 5) is 3.49. The Bertz CT molecular complexity index is 794. The largest absolute Gasteiger partial charge is 0.420 e. The van der Waals surface area contributed by atoms with Crippen LogP contribution in [0.5, 0.6) is 0 Å². The maximum absolute atomic E-state index is 6.07. The van der Waals surface area contributed by atoms with Gasteiger partial charge < -0.3 is 4.42 Å². The summed E-state index contributed by atoms with van der Waals surface area (Å²) in [7, 11) is 0. The molecule has 0 unspecified atom stereocenters. The Morgan fingerprint density at radius 3 is 2.79 bits per heavy atom. The molecule has 0 bridgehead atoms. The molecule has 0 N–H and O–H groups in total. The molecule has 6 heteroatoms. The molecule has 0 spiro atoms. The van der Waals surface area contributed by atoms with Crippen LogP contribution in [0.4, 0.5) is 0 Å². The van der Waals surface area contributed by atoms with E-state index in [2.05, 4.69) is 21.2 Å². The predicted octanol–water partition coefficient (Wildman–Crippen LogP) is 4.83. The lowest BCUT2D eigenvalue weighted by molar-refractivity contribution is 0.193. The van der Waals surface area contributed by atoms with Gasteiger partial charge in [0.05, 0.1) is 4.88 Å². The smallest absolute Gasteiger partial charge is 0.257 e. The van der Waals surface area contributed by atoms with Gasteiger partial charge in [0.1, 0.15) is 0 Å². The predicted molar refractivity (Wildman–Crippen MR) is 96.3 cm³/mol. The van der Waals surface area contributed by atoms with Crippen LogP contribution in [0.2, 0.25) is 5.02 Å². The molecule has 1 aliphatic heterocycles. The first-order valence-corrected chi connectivity index (χ1v) is 9.38. The Labute approximate surface area is 150 Å². The number of likely N-dealkylation sites (tertiary alicyclic amines) is 1. The first-order valence-electron chi connectivity index (χ1n) is 8.12. The van der Waals surface area contributed by atoms with Crippen molar-refractivity contribution < 1.29 is 4.42 Å². The van der Waals surface area contributed by atoms with Gasteiger partial charge in [0.2, 0.25) is 5.89 Å². The molecule has 1 aromatic carbocycles. The normalized spacial score (nSPS) is 16.5. The summed E-state index contributed by atoms with van der Waals surface area (Å²) in [6, 6.07) is 12.1. The molecule has 0 amide bonds. The average molecular weight is 360 g/mol. The van der Waals surface area contributed by atoms with E-state index in [0.717, 1.165) is 48.3 Å². The van der Waals surface area contributed by atoms with Crippen molar-refractivity contribution in [2.75, 3.05) is 13.1 Å². The summed E-state index contributed by atoms with van der Waals surface area (Å²) < 4.78 is 5.89. The van der Waals surface area contributed by atoms with Gasteiger partial charge >= 0.3 is 0 Å². The molecule has 2 aromatic heterocycles. The second kappa shape index (κ2) is 7.05. The standard InChI is InChI=1S/C18H18ClN3OS/c19-15-4-1-3-13(11-15)12-22-8-6-14(7-9-22)17-20-21-18(23-17)16-5-2-10-24-16/h1-5,10-11,14H,6-9,12H2. The van der Waals surface area contributed by atoms with E-state index in [-0.39, 0.29) is 0 Å². The highest BCUT2D eigenvalue weighted by Crippen LogP contribution is 2.31. The summed E-state index contributed by atoms with van der Waals surface area (Å²) >= 11 is 7.69. The van der Waals surface area contributed by atoms with E-state index in [9.17, 15) is 0 Å². The van der Waals surface area contributed by atoms with E-state index < -0.39 is 0 Å². The number of thiophene rings is 1. The molecule has 0 atom stereocenters. The molecule has 1 aliphatic rings. The van der Waals surface area contributed by atoms with Crippen molar-refractivity contribution in [3.05, 3.63) is 58.3 Å². The fourth-order valence-electron chi connectivity index (χ4n) is 3.13.